The van der Waals surface area contributed by atoms with Gasteiger partial charge in [0, 0.05) is 12.1 Å². The van der Waals surface area contributed by atoms with Crippen molar-refractivity contribution < 1.29 is 22.7 Å². The molecule has 24 heavy (non-hydrogen) atoms. The van der Waals surface area contributed by atoms with Gasteiger partial charge in [-0.1, -0.05) is 6.92 Å². The molecule has 1 fully saturated rings. The third-order valence-corrected chi connectivity index (χ3v) is 4.44. The number of halogens is 3. The Morgan fingerprint density at radius 1 is 1.29 bits per heavy atom. The fraction of sp³-hybridized carbons (Fsp3) is 0.588. The lowest BCUT2D eigenvalue weighted by atomic mass is 9.96. The number of piperidine rings is 1. The molecule has 0 spiro atoms. The van der Waals surface area contributed by atoms with Gasteiger partial charge in [-0.15, -0.1) is 0 Å². The normalized spacial score (nSPS) is 16.9. The van der Waals surface area contributed by atoms with E-state index < -0.39 is 17.6 Å². The van der Waals surface area contributed by atoms with Gasteiger partial charge in [0.15, 0.2) is 0 Å². The maximum atomic E-state index is 12.9. The average molecular weight is 344 g/mol. The number of carbonyl (C=O) groups is 1. The van der Waals surface area contributed by atoms with Gasteiger partial charge < -0.3 is 15.0 Å². The molecular formula is C17H23F3N2O2. The maximum absolute atomic E-state index is 12.9. The first-order valence-corrected chi connectivity index (χ1v) is 8.10. The van der Waals surface area contributed by atoms with Gasteiger partial charge in [0.05, 0.1) is 12.7 Å². The standard InChI is InChI=1S/C17H23F3N2O2/c1-3-22-6-4-12(5-7-22)11-21-16(23)13-8-14(17(18,19)20)10-15(9-13)24-2/h8-10,12H,3-7,11H2,1-2H3,(H,21,23). The number of benzene rings is 1. The molecule has 0 aromatic heterocycles. The second-order valence-corrected chi connectivity index (χ2v) is 6.04. The van der Waals surface area contributed by atoms with Crippen molar-refractivity contribution in [2.24, 2.45) is 5.92 Å². The molecule has 1 amide bonds. The van der Waals surface area contributed by atoms with Crippen molar-refractivity contribution in [2.75, 3.05) is 33.3 Å². The van der Waals surface area contributed by atoms with E-state index in [0.29, 0.717) is 12.5 Å². The number of methoxy groups -OCH3 is 1. The molecule has 0 radical (unpaired) electrons. The van der Waals surface area contributed by atoms with Gasteiger partial charge in [-0.05, 0) is 56.6 Å². The highest BCUT2D eigenvalue weighted by atomic mass is 19.4. The molecular weight excluding hydrogens is 321 g/mol. The Balaban J connectivity index is 1.99. The highest BCUT2D eigenvalue weighted by Crippen LogP contribution is 2.32. The van der Waals surface area contributed by atoms with Crippen molar-refractivity contribution in [1.82, 2.24) is 10.2 Å². The van der Waals surface area contributed by atoms with Crippen molar-refractivity contribution in [1.29, 1.82) is 0 Å². The summed E-state index contributed by atoms with van der Waals surface area (Å²) in [6.07, 6.45) is -2.55. The first kappa shape index (κ1) is 18.6. The second-order valence-electron chi connectivity index (χ2n) is 6.04. The van der Waals surface area contributed by atoms with Gasteiger partial charge in [-0.3, -0.25) is 4.79 Å². The van der Waals surface area contributed by atoms with Crippen LogP contribution in [0.15, 0.2) is 18.2 Å². The fourth-order valence-corrected chi connectivity index (χ4v) is 2.86. The lowest BCUT2D eigenvalue weighted by molar-refractivity contribution is -0.137. The van der Waals surface area contributed by atoms with Crippen LogP contribution >= 0.6 is 0 Å². The number of hydrogen-bond donors (Lipinski definition) is 1. The number of likely N-dealkylation sites (tertiary alicyclic amines) is 1. The number of nitrogens with one attached hydrogen (secondary N) is 1. The molecule has 7 heteroatoms. The van der Waals surface area contributed by atoms with E-state index in [1.54, 1.807) is 0 Å². The van der Waals surface area contributed by atoms with Crippen molar-refractivity contribution in [3.63, 3.8) is 0 Å². The summed E-state index contributed by atoms with van der Waals surface area (Å²) < 4.78 is 43.6. The number of amides is 1. The Morgan fingerprint density at radius 3 is 2.50 bits per heavy atom. The minimum Gasteiger partial charge on any atom is -0.497 e. The fourth-order valence-electron chi connectivity index (χ4n) is 2.86. The summed E-state index contributed by atoms with van der Waals surface area (Å²) >= 11 is 0. The Morgan fingerprint density at radius 2 is 1.96 bits per heavy atom. The number of alkyl halides is 3. The first-order valence-electron chi connectivity index (χ1n) is 8.10. The molecule has 2 rings (SSSR count). The highest BCUT2D eigenvalue weighted by Gasteiger charge is 2.32. The number of rotatable bonds is 5. The first-order chi connectivity index (χ1) is 11.3. The van der Waals surface area contributed by atoms with Gasteiger partial charge in [0.2, 0.25) is 0 Å². The zero-order chi connectivity index (χ0) is 17.7. The van der Waals surface area contributed by atoms with E-state index in [0.717, 1.165) is 44.6 Å². The molecule has 0 unspecified atom stereocenters. The number of ether oxygens (including phenoxy) is 1. The van der Waals surface area contributed by atoms with Gasteiger partial charge in [0.1, 0.15) is 5.75 Å². The Bertz CT molecular complexity index is 567. The lowest BCUT2D eigenvalue weighted by Crippen LogP contribution is -2.38. The van der Waals surface area contributed by atoms with Crippen LogP contribution in [0.4, 0.5) is 13.2 Å². The topological polar surface area (TPSA) is 41.6 Å². The molecule has 134 valence electrons. The smallest absolute Gasteiger partial charge is 0.416 e. The van der Waals surface area contributed by atoms with Gasteiger partial charge in [0.25, 0.3) is 5.91 Å². The summed E-state index contributed by atoms with van der Waals surface area (Å²) in [5.41, 5.74) is -0.920. The van der Waals surface area contributed by atoms with E-state index in [9.17, 15) is 18.0 Å². The summed E-state index contributed by atoms with van der Waals surface area (Å²) in [6.45, 7) is 5.60. The maximum Gasteiger partial charge on any atom is 0.416 e. The lowest BCUT2D eigenvalue weighted by Gasteiger charge is -2.31. The van der Waals surface area contributed by atoms with Gasteiger partial charge in [-0.2, -0.15) is 13.2 Å². The van der Waals surface area contributed by atoms with Gasteiger partial charge >= 0.3 is 6.18 Å². The monoisotopic (exact) mass is 344 g/mol. The number of nitrogens with zero attached hydrogens (tertiary/aromatic N) is 1. The third kappa shape index (κ3) is 4.87. The summed E-state index contributed by atoms with van der Waals surface area (Å²) in [4.78, 5) is 14.6. The van der Waals surface area contributed by atoms with E-state index >= 15 is 0 Å². The summed E-state index contributed by atoms with van der Waals surface area (Å²) in [7, 11) is 1.28. The van der Waals surface area contributed by atoms with Crippen LogP contribution in [0.5, 0.6) is 5.75 Å². The van der Waals surface area contributed by atoms with Crippen LogP contribution in [-0.2, 0) is 6.18 Å². The van der Waals surface area contributed by atoms with E-state index in [1.807, 2.05) is 0 Å². The Labute approximate surface area is 140 Å². The molecule has 1 saturated heterocycles. The van der Waals surface area contributed by atoms with E-state index in [1.165, 1.54) is 13.2 Å². The van der Waals surface area contributed by atoms with Crippen LogP contribution in [0, 0.1) is 5.92 Å². The third-order valence-electron chi connectivity index (χ3n) is 4.44. The highest BCUT2D eigenvalue weighted by molar-refractivity contribution is 5.94. The van der Waals surface area contributed by atoms with Crippen LogP contribution in [0.3, 0.4) is 0 Å². The molecule has 4 nitrogen and oxygen atoms in total. The zero-order valence-corrected chi connectivity index (χ0v) is 13.9. The molecule has 0 bridgehead atoms. The molecule has 1 heterocycles. The minimum absolute atomic E-state index is 0.0197. The molecule has 1 N–H and O–H groups in total. The second kappa shape index (κ2) is 7.88. The van der Waals surface area contributed by atoms with Crippen LogP contribution in [0.25, 0.3) is 0 Å². The van der Waals surface area contributed by atoms with Crippen LogP contribution in [0.2, 0.25) is 0 Å². The van der Waals surface area contributed by atoms with Crippen LogP contribution in [-0.4, -0.2) is 44.1 Å². The molecule has 1 aliphatic heterocycles. The SMILES string of the molecule is CCN1CCC(CNC(=O)c2cc(OC)cc(C(F)(F)F)c2)CC1. The predicted molar refractivity (Wildman–Crippen MR) is 85.2 cm³/mol. The molecule has 1 aliphatic rings. The van der Waals surface area contributed by atoms with Crippen molar-refractivity contribution in [3.8, 4) is 5.75 Å². The van der Waals surface area contributed by atoms with Crippen molar-refractivity contribution in [2.45, 2.75) is 25.9 Å². The van der Waals surface area contributed by atoms with Crippen LogP contribution in [0.1, 0.15) is 35.7 Å². The Hall–Kier alpha value is -1.76. The van der Waals surface area contributed by atoms with Crippen LogP contribution < -0.4 is 10.1 Å². The molecule has 1 aromatic rings. The largest absolute Gasteiger partial charge is 0.497 e. The van der Waals surface area contributed by atoms with E-state index in [4.69, 9.17) is 4.74 Å². The van der Waals surface area contributed by atoms with Crippen molar-refractivity contribution >= 4 is 5.91 Å². The van der Waals surface area contributed by atoms with E-state index in [2.05, 4.69) is 17.1 Å². The summed E-state index contributed by atoms with van der Waals surface area (Å²) in [5, 5.41) is 2.75. The average Bonchev–Trinajstić information content (AvgIpc) is 2.58. The summed E-state index contributed by atoms with van der Waals surface area (Å²) in [5.74, 6) is -0.118. The minimum atomic E-state index is -4.52. The molecule has 0 saturated carbocycles. The van der Waals surface area contributed by atoms with Crippen molar-refractivity contribution in [3.05, 3.63) is 29.3 Å². The predicted octanol–water partition coefficient (Wildman–Crippen LogP) is 3.18. The molecule has 0 aliphatic carbocycles. The summed E-state index contributed by atoms with van der Waals surface area (Å²) in [6, 6.07) is 3.07. The van der Waals surface area contributed by atoms with Gasteiger partial charge in [-0.25, -0.2) is 0 Å². The molecule has 1 aromatic carbocycles. The number of hydrogen-bond acceptors (Lipinski definition) is 3. The zero-order valence-electron chi connectivity index (χ0n) is 13.9. The Kier molecular flexibility index (Phi) is 6.10. The van der Waals surface area contributed by atoms with E-state index in [-0.39, 0.29) is 11.3 Å². The quantitative estimate of drug-likeness (QED) is 0.892. The molecule has 0 atom stereocenters. The number of carbonyl (C=O) groups excluding carboxylic acids is 1.